The van der Waals surface area contributed by atoms with E-state index in [1.54, 1.807) is 6.92 Å². The van der Waals surface area contributed by atoms with Crippen LogP contribution in [0.15, 0.2) is 17.0 Å². The molecule has 60 valence electrons. The van der Waals surface area contributed by atoms with Crippen LogP contribution in [-0.4, -0.2) is 15.9 Å². The Hall–Kier alpha value is -0.840. The summed E-state index contributed by atoms with van der Waals surface area (Å²) in [6, 6.07) is 0. The summed E-state index contributed by atoms with van der Waals surface area (Å²) in [5, 5.41) is 6.01. The predicted molar refractivity (Wildman–Crippen MR) is 43.5 cm³/mol. The Bertz CT molecular complexity index is 233. The van der Waals surface area contributed by atoms with Crippen molar-refractivity contribution in [3.05, 3.63) is 12.5 Å². The lowest BCUT2D eigenvalue weighted by atomic mass is 10.4. The maximum atomic E-state index is 11.0. The standard InChI is InChI=1S/C6H7BrN2O2/c1-4(7)6(10)9-5-2-8-11-3-5/h2-4H,1H3,(H,9,10). The molecule has 5 heteroatoms. The first-order valence-corrected chi connectivity index (χ1v) is 3.96. The van der Waals surface area contributed by atoms with Crippen molar-refractivity contribution in [2.24, 2.45) is 0 Å². The molecule has 11 heavy (non-hydrogen) atoms. The van der Waals surface area contributed by atoms with Gasteiger partial charge in [0.2, 0.25) is 5.91 Å². The fourth-order valence-corrected chi connectivity index (χ4v) is 0.623. The van der Waals surface area contributed by atoms with Crippen LogP contribution in [0.25, 0.3) is 0 Å². The van der Waals surface area contributed by atoms with Crippen LogP contribution >= 0.6 is 15.9 Å². The van der Waals surface area contributed by atoms with E-state index < -0.39 is 0 Å². The average Bonchev–Trinajstić information content (AvgIpc) is 2.39. The first-order valence-electron chi connectivity index (χ1n) is 3.04. The maximum absolute atomic E-state index is 11.0. The maximum Gasteiger partial charge on any atom is 0.237 e. The third kappa shape index (κ3) is 2.34. The fourth-order valence-electron chi connectivity index (χ4n) is 0.508. The molecule has 0 saturated carbocycles. The molecule has 1 amide bonds. The summed E-state index contributed by atoms with van der Waals surface area (Å²) in [5.41, 5.74) is 0.571. The summed E-state index contributed by atoms with van der Waals surface area (Å²) in [6.07, 6.45) is 2.81. The normalized spacial score (nSPS) is 12.5. The number of halogens is 1. The molecule has 1 aromatic heterocycles. The van der Waals surface area contributed by atoms with Gasteiger partial charge in [0.15, 0.2) is 0 Å². The molecule has 0 spiro atoms. The fraction of sp³-hybridized carbons (Fsp3) is 0.333. The number of nitrogens with zero attached hydrogens (tertiary/aromatic N) is 1. The molecular weight excluding hydrogens is 212 g/mol. The Morgan fingerprint density at radius 1 is 1.91 bits per heavy atom. The van der Waals surface area contributed by atoms with Gasteiger partial charge in [-0.2, -0.15) is 0 Å². The van der Waals surface area contributed by atoms with Crippen molar-refractivity contribution in [2.75, 3.05) is 5.32 Å². The molecule has 0 saturated heterocycles. The highest BCUT2D eigenvalue weighted by Gasteiger charge is 2.08. The zero-order chi connectivity index (χ0) is 8.27. The van der Waals surface area contributed by atoms with E-state index in [2.05, 4.69) is 30.9 Å². The van der Waals surface area contributed by atoms with E-state index in [1.807, 2.05) is 0 Å². The predicted octanol–water partition coefficient (Wildman–Crippen LogP) is 1.40. The van der Waals surface area contributed by atoms with E-state index in [-0.39, 0.29) is 10.7 Å². The van der Waals surface area contributed by atoms with Crippen LogP contribution in [0.3, 0.4) is 0 Å². The number of amides is 1. The van der Waals surface area contributed by atoms with Gasteiger partial charge in [-0.1, -0.05) is 21.1 Å². The Morgan fingerprint density at radius 3 is 3.09 bits per heavy atom. The van der Waals surface area contributed by atoms with Crippen LogP contribution in [0.2, 0.25) is 0 Å². The van der Waals surface area contributed by atoms with E-state index in [0.29, 0.717) is 5.69 Å². The van der Waals surface area contributed by atoms with Crippen molar-refractivity contribution in [3.63, 3.8) is 0 Å². The number of hydrogen-bond acceptors (Lipinski definition) is 3. The van der Waals surface area contributed by atoms with Gasteiger partial charge >= 0.3 is 0 Å². The van der Waals surface area contributed by atoms with Crippen LogP contribution in [0.4, 0.5) is 5.69 Å². The lowest BCUT2D eigenvalue weighted by molar-refractivity contribution is -0.115. The highest BCUT2D eigenvalue weighted by molar-refractivity contribution is 9.10. The van der Waals surface area contributed by atoms with Crippen molar-refractivity contribution in [1.82, 2.24) is 5.16 Å². The van der Waals surface area contributed by atoms with E-state index in [1.165, 1.54) is 12.5 Å². The van der Waals surface area contributed by atoms with Crippen molar-refractivity contribution >= 4 is 27.5 Å². The van der Waals surface area contributed by atoms with Gasteiger partial charge in [0.25, 0.3) is 0 Å². The second kappa shape index (κ2) is 3.52. The number of anilines is 1. The Morgan fingerprint density at radius 2 is 2.64 bits per heavy atom. The summed E-state index contributed by atoms with van der Waals surface area (Å²) in [4.78, 5) is 10.8. The first-order chi connectivity index (χ1) is 5.20. The zero-order valence-electron chi connectivity index (χ0n) is 5.87. The van der Waals surface area contributed by atoms with Gasteiger partial charge in [-0.15, -0.1) is 0 Å². The Kier molecular flexibility index (Phi) is 2.64. The molecule has 0 aliphatic rings. The number of aromatic nitrogens is 1. The van der Waals surface area contributed by atoms with Crippen molar-refractivity contribution in [2.45, 2.75) is 11.8 Å². The summed E-state index contributed by atoms with van der Waals surface area (Å²) >= 11 is 3.12. The number of hydrogen-bond donors (Lipinski definition) is 1. The zero-order valence-corrected chi connectivity index (χ0v) is 7.46. The van der Waals surface area contributed by atoms with Crippen molar-refractivity contribution < 1.29 is 9.32 Å². The molecule has 1 rings (SSSR count). The molecule has 1 aromatic rings. The molecule has 0 fully saturated rings. The lowest BCUT2D eigenvalue weighted by Crippen LogP contribution is -2.19. The molecule has 1 heterocycles. The van der Waals surface area contributed by atoms with E-state index in [4.69, 9.17) is 0 Å². The molecule has 1 unspecified atom stereocenters. The largest absolute Gasteiger partial charge is 0.363 e. The molecule has 0 radical (unpaired) electrons. The van der Waals surface area contributed by atoms with Crippen LogP contribution in [0, 0.1) is 0 Å². The quantitative estimate of drug-likeness (QED) is 0.764. The second-order valence-corrected chi connectivity index (χ2v) is 3.39. The summed E-state index contributed by atoms with van der Waals surface area (Å²) < 4.78 is 4.52. The molecule has 0 bridgehead atoms. The summed E-state index contributed by atoms with van der Waals surface area (Å²) in [6.45, 7) is 1.74. The van der Waals surface area contributed by atoms with Crippen LogP contribution < -0.4 is 5.32 Å². The number of nitrogens with one attached hydrogen (secondary N) is 1. The highest BCUT2D eigenvalue weighted by Crippen LogP contribution is 2.06. The van der Waals surface area contributed by atoms with E-state index in [9.17, 15) is 4.79 Å². The number of carbonyl (C=O) groups is 1. The number of alkyl halides is 1. The molecule has 4 nitrogen and oxygen atoms in total. The minimum Gasteiger partial charge on any atom is -0.363 e. The van der Waals surface area contributed by atoms with Gasteiger partial charge < -0.3 is 9.84 Å². The molecular formula is C6H7BrN2O2. The lowest BCUT2D eigenvalue weighted by Gasteiger charge is -2.01. The Balaban J connectivity index is 2.50. The molecule has 1 atom stereocenters. The first kappa shape index (κ1) is 8.26. The van der Waals surface area contributed by atoms with Crippen LogP contribution in [-0.2, 0) is 4.79 Å². The smallest absolute Gasteiger partial charge is 0.237 e. The van der Waals surface area contributed by atoms with E-state index in [0.717, 1.165) is 0 Å². The summed E-state index contributed by atoms with van der Waals surface area (Å²) in [7, 11) is 0. The minimum absolute atomic E-state index is 0.117. The van der Waals surface area contributed by atoms with Crippen molar-refractivity contribution in [1.29, 1.82) is 0 Å². The van der Waals surface area contributed by atoms with E-state index >= 15 is 0 Å². The Labute approximate surface area is 72.1 Å². The van der Waals surface area contributed by atoms with Gasteiger partial charge in [-0.3, -0.25) is 4.79 Å². The van der Waals surface area contributed by atoms with Crippen molar-refractivity contribution in [3.8, 4) is 0 Å². The molecule has 0 aliphatic carbocycles. The molecule has 0 aromatic carbocycles. The van der Waals surface area contributed by atoms with Gasteiger partial charge in [-0.05, 0) is 6.92 Å². The topological polar surface area (TPSA) is 55.1 Å². The molecule has 1 N–H and O–H groups in total. The van der Waals surface area contributed by atoms with Gasteiger partial charge in [0, 0.05) is 0 Å². The van der Waals surface area contributed by atoms with Crippen LogP contribution in [0.5, 0.6) is 0 Å². The number of rotatable bonds is 2. The monoisotopic (exact) mass is 218 g/mol. The summed E-state index contributed by atoms with van der Waals surface area (Å²) in [5.74, 6) is -0.117. The van der Waals surface area contributed by atoms with Crippen LogP contribution in [0.1, 0.15) is 6.92 Å². The second-order valence-electron chi connectivity index (χ2n) is 2.02. The SMILES string of the molecule is CC(Br)C(=O)Nc1cnoc1. The third-order valence-electron chi connectivity index (χ3n) is 1.06. The highest BCUT2D eigenvalue weighted by atomic mass is 79.9. The third-order valence-corrected chi connectivity index (χ3v) is 1.48. The molecule has 0 aliphatic heterocycles. The number of carbonyl (C=O) groups excluding carboxylic acids is 1. The average molecular weight is 219 g/mol. The minimum atomic E-state index is -0.211. The van der Waals surface area contributed by atoms with Gasteiger partial charge in [-0.25, -0.2) is 0 Å². The van der Waals surface area contributed by atoms with Gasteiger partial charge in [0.05, 0.1) is 11.0 Å². The van der Waals surface area contributed by atoms with Gasteiger partial charge in [0.1, 0.15) is 12.0 Å².